The predicted molar refractivity (Wildman–Crippen MR) is 130 cm³/mol. The van der Waals surface area contributed by atoms with E-state index in [4.69, 9.17) is 12.2 Å². The molecule has 0 saturated carbocycles. The largest absolute Gasteiger partial charge is 0.351 e. The van der Waals surface area contributed by atoms with Gasteiger partial charge in [-0.2, -0.15) is 0 Å². The van der Waals surface area contributed by atoms with E-state index < -0.39 is 10.0 Å². The molecule has 156 valence electrons. The number of aromatic nitrogens is 1. The van der Waals surface area contributed by atoms with E-state index in [0.717, 1.165) is 32.6 Å². The van der Waals surface area contributed by atoms with Gasteiger partial charge in [-0.3, -0.25) is 9.71 Å². The molecule has 1 saturated heterocycles. The average molecular weight is 524 g/mol. The molecular weight excluding hydrogens is 504 g/mol. The molecule has 2 N–H and O–H groups in total. The first-order chi connectivity index (χ1) is 14.2. The van der Waals surface area contributed by atoms with Gasteiger partial charge < -0.3 is 10.2 Å². The Bertz CT molecular complexity index is 1200. The van der Waals surface area contributed by atoms with Crippen LogP contribution in [-0.4, -0.2) is 24.8 Å². The Labute approximate surface area is 193 Å². The van der Waals surface area contributed by atoms with Gasteiger partial charge in [0.05, 0.1) is 29.7 Å². The van der Waals surface area contributed by atoms with E-state index in [-0.39, 0.29) is 12.1 Å². The molecular formula is C20H19BrN4O2S3. The van der Waals surface area contributed by atoms with Gasteiger partial charge in [-0.25, -0.2) is 8.42 Å². The van der Waals surface area contributed by atoms with E-state index >= 15 is 0 Å². The molecule has 2 atom stereocenters. The quantitative estimate of drug-likeness (QED) is 0.470. The number of hydrogen-bond acceptors (Lipinski definition) is 5. The van der Waals surface area contributed by atoms with E-state index in [0.29, 0.717) is 10.8 Å². The van der Waals surface area contributed by atoms with Crippen LogP contribution in [0.25, 0.3) is 0 Å². The molecule has 10 heteroatoms. The van der Waals surface area contributed by atoms with Gasteiger partial charge in [0.2, 0.25) is 10.0 Å². The Morgan fingerprint density at radius 2 is 2.07 bits per heavy atom. The first-order valence-electron chi connectivity index (χ1n) is 9.06. The van der Waals surface area contributed by atoms with Crippen molar-refractivity contribution in [3.63, 3.8) is 0 Å². The Hall–Kier alpha value is -2.01. The summed E-state index contributed by atoms with van der Waals surface area (Å²) in [6, 6.07) is 13.3. The van der Waals surface area contributed by atoms with Gasteiger partial charge in [0.15, 0.2) is 5.11 Å². The summed E-state index contributed by atoms with van der Waals surface area (Å²) in [6.07, 6.45) is 2.92. The van der Waals surface area contributed by atoms with Gasteiger partial charge in [0.1, 0.15) is 0 Å². The van der Waals surface area contributed by atoms with Crippen molar-refractivity contribution >= 4 is 66.0 Å². The number of thiophene rings is 1. The van der Waals surface area contributed by atoms with Gasteiger partial charge in [-0.05, 0) is 77.0 Å². The molecule has 0 spiro atoms. The van der Waals surface area contributed by atoms with Gasteiger partial charge in [-0.1, -0.05) is 6.07 Å². The lowest BCUT2D eigenvalue weighted by Gasteiger charge is -2.27. The number of halogens is 1. The molecule has 0 bridgehead atoms. The summed E-state index contributed by atoms with van der Waals surface area (Å²) in [7, 11) is -3.35. The standard InChI is InChI=1S/C20H19BrN4O2S3/c1-12-9-14(6-7-15(12)24-30(2,26)27)25-19(17-10-13(21)11-29-17)18(23-20(25)28)16-5-3-4-8-22-16/h3-11,18-19,24H,1-2H3,(H,23,28)/t18-,19-/m1/s1. The number of sulfonamides is 1. The van der Waals surface area contributed by atoms with E-state index in [2.05, 4.69) is 47.3 Å². The van der Waals surface area contributed by atoms with E-state index in [1.807, 2.05) is 37.3 Å². The minimum absolute atomic E-state index is 0.0863. The van der Waals surface area contributed by atoms with Crippen LogP contribution in [0.5, 0.6) is 0 Å². The van der Waals surface area contributed by atoms with E-state index in [9.17, 15) is 8.42 Å². The van der Waals surface area contributed by atoms with Gasteiger partial charge in [0, 0.05) is 26.6 Å². The molecule has 1 aliphatic rings. The summed E-state index contributed by atoms with van der Waals surface area (Å²) in [6.45, 7) is 1.87. The zero-order chi connectivity index (χ0) is 21.5. The molecule has 2 aromatic heterocycles. The lowest BCUT2D eigenvalue weighted by atomic mass is 10.0. The number of nitrogens with zero attached hydrogens (tertiary/aromatic N) is 2. The summed E-state index contributed by atoms with van der Waals surface area (Å²) in [5.41, 5.74) is 3.16. The minimum atomic E-state index is -3.35. The number of thiocarbonyl (C=S) groups is 1. The Kier molecular flexibility index (Phi) is 5.84. The van der Waals surface area contributed by atoms with Gasteiger partial charge in [0.25, 0.3) is 0 Å². The maximum atomic E-state index is 11.6. The Morgan fingerprint density at radius 3 is 2.67 bits per heavy atom. The maximum absolute atomic E-state index is 11.6. The molecule has 0 aliphatic carbocycles. The second-order valence-corrected chi connectivity index (χ2v) is 11.0. The molecule has 6 nitrogen and oxygen atoms in total. The highest BCUT2D eigenvalue weighted by molar-refractivity contribution is 9.10. The summed E-state index contributed by atoms with van der Waals surface area (Å²) in [5, 5.41) is 6.07. The zero-order valence-corrected chi connectivity index (χ0v) is 20.2. The van der Waals surface area contributed by atoms with Crippen LogP contribution in [0.3, 0.4) is 0 Å². The number of pyridine rings is 1. The SMILES string of the molecule is Cc1cc(N2C(=S)N[C@H](c3ccccn3)[C@H]2c2cc(Br)cs2)ccc1NS(C)(=O)=O. The minimum Gasteiger partial charge on any atom is -0.351 e. The maximum Gasteiger partial charge on any atom is 0.229 e. The number of benzene rings is 1. The third-order valence-electron chi connectivity index (χ3n) is 4.76. The third kappa shape index (κ3) is 4.36. The van der Waals surface area contributed by atoms with Crippen LogP contribution < -0.4 is 14.9 Å². The van der Waals surface area contributed by atoms with Crippen LogP contribution in [0.15, 0.2) is 58.5 Å². The second kappa shape index (κ2) is 8.26. The van der Waals surface area contributed by atoms with Gasteiger partial charge >= 0.3 is 0 Å². The topological polar surface area (TPSA) is 74.3 Å². The first-order valence-corrected chi connectivity index (χ1v) is 13.0. The van der Waals surface area contributed by atoms with Gasteiger partial charge in [-0.15, -0.1) is 11.3 Å². The van der Waals surface area contributed by atoms with Crippen molar-refractivity contribution < 1.29 is 8.42 Å². The normalized spacial score (nSPS) is 19.0. The smallest absolute Gasteiger partial charge is 0.229 e. The molecule has 0 unspecified atom stereocenters. The summed E-state index contributed by atoms with van der Waals surface area (Å²) >= 11 is 10.9. The van der Waals surface area contributed by atoms with Crippen LogP contribution in [-0.2, 0) is 10.0 Å². The van der Waals surface area contributed by atoms with Crippen molar-refractivity contribution in [3.05, 3.63) is 74.6 Å². The van der Waals surface area contributed by atoms with Crippen molar-refractivity contribution in [3.8, 4) is 0 Å². The fourth-order valence-electron chi connectivity index (χ4n) is 3.52. The molecule has 1 aromatic carbocycles. The third-order valence-corrected chi connectivity index (χ3v) is 7.43. The van der Waals surface area contributed by atoms with Crippen molar-refractivity contribution in [2.45, 2.75) is 19.0 Å². The predicted octanol–water partition coefficient (Wildman–Crippen LogP) is 4.76. The number of nitrogens with one attached hydrogen (secondary N) is 2. The average Bonchev–Trinajstić information content (AvgIpc) is 3.26. The van der Waals surface area contributed by atoms with Crippen LogP contribution in [0.4, 0.5) is 11.4 Å². The van der Waals surface area contributed by atoms with Crippen molar-refractivity contribution in [2.24, 2.45) is 0 Å². The van der Waals surface area contributed by atoms with E-state index in [1.165, 1.54) is 0 Å². The highest BCUT2D eigenvalue weighted by atomic mass is 79.9. The molecule has 3 aromatic rings. The summed E-state index contributed by atoms with van der Waals surface area (Å²) < 4.78 is 26.8. The summed E-state index contributed by atoms with van der Waals surface area (Å²) in [5.74, 6) is 0. The fraction of sp³-hybridized carbons (Fsp3) is 0.200. The van der Waals surface area contributed by atoms with Crippen molar-refractivity contribution in [1.82, 2.24) is 10.3 Å². The number of rotatable bonds is 5. The zero-order valence-electron chi connectivity index (χ0n) is 16.2. The number of anilines is 2. The molecule has 0 amide bonds. The Morgan fingerprint density at radius 1 is 1.27 bits per heavy atom. The molecule has 0 radical (unpaired) electrons. The number of aryl methyl sites for hydroxylation is 1. The highest BCUT2D eigenvalue weighted by Crippen LogP contribution is 2.44. The second-order valence-electron chi connectivity index (χ2n) is 7.04. The molecule has 1 aliphatic heterocycles. The molecule has 1 fully saturated rings. The van der Waals surface area contributed by atoms with Crippen molar-refractivity contribution in [2.75, 3.05) is 15.9 Å². The summed E-state index contributed by atoms with van der Waals surface area (Å²) in [4.78, 5) is 7.76. The van der Waals surface area contributed by atoms with Crippen LogP contribution in [0, 0.1) is 6.92 Å². The number of hydrogen-bond donors (Lipinski definition) is 2. The lowest BCUT2D eigenvalue weighted by molar-refractivity contribution is 0.575. The molecule has 4 rings (SSSR count). The van der Waals surface area contributed by atoms with E-state index in [1.54, 1.807) is 23.6 Å². The van der Waals surface area contributed by atoms with Crippen LogP contribution in [0.1, 0.15) is 28.2 Å². The molecule has 30 heavy (non-hydrogen) atoms. The fourth-order valence-corrected chi connectivity index (χ4v) is 6.06. The monoisotopic (exact) mass is 522 g/mol. The highest BCUT2D eigenvalue weighted by Gasteiger charge is 2.41. The van der Waals surface area contributed by atoms with Crippen LogP contribution >= 0.6 is 39.5 Å². The van der Waals surface area contributed by atoms with Crippen LogP contribution in [0.2, 0.25) is 0 Å². The first kappa shape index (κ1) is 21.2. The van der Waals surface area contributed by atoms with Crippen molar-refractivity contribution in [1.29, 1.82) is 0 Å². The lowest BCUT2D eigenvalue weighted by Crippen LogP contribution is -2.29. The Balaban J connectivity index is 1.77. The molecule has 3 heterocycles.